The lowest BCUT2D eigenvalue weighted by Crippen LogP contribution is -2.21. The van der Waals surface area contributed by atoms with Crippen molar-refractivity contribution in [2.24, 2.45) is 0 Å². The molecule has 0 aliphatic rings. The van der Waals surface area contributed by atoms with Crippen molar-refractivity contribution in [3.63, 3.8) is 0 Å². The van der Waals surface area contributed by atoms with Gasteiger partial charge in [0.15, 0.2) is 5.16 Å². The average Bonchev–Trinajstić information content (AvgIpc) is 2.96. The molecular weight excluding hydrogens is 294 g/mol. The number of aromatic nitrogens is 2. The summed E-state index contributed by atoms with van der Waals surface area (Å²) in [5, 5.41) is 0.976. The summed E-state index contributed by atoms with van der Waals surface area (Å²) < 4.78 is 2.08. The average molecular weight is 311 g/mol. The molecule has 0 spiro atoms. The van der Waals surface area contributed by atoms with Gasteiger partial charge >= 0.3 is 0 Å². The Bertz CT molecular complexity index is 793. The van der Waals surface area contributed by atoms with Gasteiger partial charge in [-0.15, -0.1) is 0 Å². The largest absolute Gasteiger partial charge is 0.345 e. The van der Waals surface area contributed by atoms with Crippen LogP contribution in [0.3, 0.4) is 0 Å². The Kier molecular flexibility index (Phi) is 4.15. The van der Waals surface area contributed by atoms with E-state index in [1.807, 2.05) is 54.9 Å². The molecule has 4 nitrogen and oxygen atoms in total. The number of nitrogens with zero attached hydrogens (tertiary/aromatic N) is 3. The maximum Gasteiger partial charge on any atom is 0.253 e. The SMILES string of the molecule is CN(C)C(=O)c1ccc(CSc2ncc3ccccn23)cc1. The molecule has 2 heterocycles. The molecule has 0 aliphatic heterocycles. The molecule has 112 valence electrons. The molecule has 5 heteroatoms. The fourth-order valence-corrected chi connectivity index (χ4v) is 3.10. The third kappa shape index (κ3) is 2.99. The van der Waals surface area contributed by atoms with Gasteiger partial charge in [-0.1, -0.05) is 30.0 Å². The number of hydrogen-bond donors (Lipinski definition) is 0. The van der Waals surface area contributed by atoms with Crippen molar-refractivity contribution in [3.05, 3.63) is 66.0 Å². The van der Waals surface area contributed by atoms with Crippen LogP contribution in [0.15, 0.2) is 60.0 Å². The summed E-state index contributed by atoms with van der Waals surface area (Å²) in [4.78, 5) is 17.9. The Labute approximate surface area is 133 Å². The highest BCUT2D eigenvalue weighted by atomic mass is 32.2. The van der Waals surface area contributed by atoms with E-state index >= 15 is 0 Å². The number of benzene rings is 1. The lowest BCUT2D eigenvalue weighted by Gasteiger charge is -2.10. The third-order valence-corrected chi connectivity index (χ3v) is 4.42. The van der Waals surface area contributed by atoms with Crippen LogP contribution in [0.25, 0.3) is 5.52 Å². The van der Waals surface area contributed by atoms with Crippen LogP contribution in [-0.4, -0.2) is 34.3 Å². The highest BCUT2D eigenvalue weighted by Crippen LogP contribution is 2.23. The molecule has 0 atom stereocenters. The Morgan fingerprint density at radius 3 is 2.68 bits per heavy atom. The topological polar surface area (TPSA) is 37.6 Å². The first-order valence-electron chi connectivity index (χ1n) is 7.00. The number of carbonyl (C=O) groups is 1. The lowest BCUT2D eigenvalue weighted by molar-refractivity contribution is 0.0827. The van der Waals surface area contributed by atoms with Gasteiger partial charge in [-0.3, -0.25) is 9.20 Å². The standard InChI is InChI=1S/C17H17N3OS/c1-19(2)16(21)14-8-6-13(7-9-14)12-22-17-18-11-15-5-3-4-10-20(15)17/h3-11H,12H2,1-2H3. The number of hydrogen-bond acceptors (Lipinski definition) is 3. The minimum atomic E-state index is 0.0263. The predicted molar refractivity (Wildman–Crippen MR) is 89.2 cm³/mol. The van der Waals surface area contributed by atoms with E-state index in [-0.39, 0.29) is 5.91 Å². The fraction of sp³-hybridized carbons (Fsp3) is 0.176. The molecule has 2 aromatic heterocycles. The van der Waals surface area contributed by atoms with E-state index < -0.39 is 0 Å². The highest BCUT2D eigenvalue weighted by Gasteiger charge is 2.08. The zero-order chi connectivity index (χ0) is 15.5. The predicted octanol–water partition coefficient (Wildman–Crippen LogP) is 3.33. The second-order valence-corrected chi connectivity index (χ2v) is 6.16. The van der Waals surface area contributed by atoms with Crippen LogP contribution >= 0.6 is 11.8 Å². The van der Waals surface area contributed by atoms with Gasteiger partial charge in [-0.2, -0.15) is 0 Å². The van der Waals surface area contributed by atoms with Gasteiger partial charge in [0.2, 0.25) is 0 Å². The smallest absolute Gasteiger partial charge is 0.253 e. The molecule has 0 aliphatic carbocycles. The van der Waals surface area contributed by atoms with Crippen molar-refractivity contribution in [1.82, 2.24) is 14.3 Å². The van der Waals surface area contributed by atoms with Crippen LogP contribution in [0.4, 0.5) is 0 Å². The van der Waals surface area contributed by atoms with Crippen molar-refractivity contribution >= 4 is 23.2 Å². The first-order valence-corrected chi connectivity index (χ1v) is 7.99. The second-order valence-electron chi connectivity index (χ2n) is 5.22. The summed E-state index contributed by atoms with van der Waals surface area (Å²) in [6.07, 6.45) is 3.89. The summed E-state index contributed by atoms with van der Waals surface area (Å²) in [6.45, 7) is 0. The fourth-order valence-electron chi connectivity index (χ4n) is 2.18. The first-order chi connectivity index (χ1) is 10.6. The van der Waals surface area contributed by atoms with Crippen molar-refractivity contribution in [3.8, 4) is 0 Å². The molecule has 0 radical (unpaired) electrons. The van der Waals surface area contributed by atoms with E-state index in [2.05, 4.69) is 9.38 Å². The minimum Gasteiger partial charge on any atom is -0.345 e. The first kappa shape index (κ1) is 14.7. The van der Waals surface area contributed by atoms with Crippen LogP contribution in [0.2, 0.25) is 0 Å². The summed E-state index contributed by atoms with van der Waals surface area (Å²) in [5.41, 5.74) is 2.98. The van der Waals surface area contributed by atoms with Gasteiger partial charge in [0.1, 0.15) is 0 Å². The third-order valence-electron chi connectivity index (χ3n) is 3.38. The van der Waals surface area contributed by atoms with E-state index in [0.29, 0.717) is 5.56 Å². The molecular formula is C17H17N3OS. The maximum absolute atomic E-state index is 11.9. The Morgan fingerprint density at radius 1 is 1.18 bits per heavy atom. The molecule has 1 aromatic carbocycles. The summed E-state index contributed by atoms with van der Waals surface area (Å²) in [6, 6.07) is 13.8. The zero-order valence-electron chi connectivity index (χ0n) is 12.6. The van der Waals surface area contributed by atoms with Crippen molar-refractivity contribution in [1.29, 1.82) is 0 Å². The van der Waals surface area contributed by atoms with E-state index in [9.17, 15) is 4.79 Å². The van der Waals surface area contributed by atoms with Gasteiger partial charge in [0, 0.05) is 31.6 Å². The number of imidazole rings is 1. The van der Waals surface area contributed by atoms with Crippen molar-refractivity contribution in [2.45, 2.75) is 10.9 Å². The van der Waals surface area contributed by atoms with Crippen LogP contribution in [0, 0.1) is 0 Å². The van der Waals surface area contributed by atoms with Gasteiger partial charge in [0.25, 0.3) is 5.91 Å². The maximum atomic E-state index is 11.9. The van der Waals surface area contributed by atoms with E-state index in [0.717, 1.165) is 16.4 Å². The number of pyridine rings is 1. The second kappa shape index (κ2) is 6.23. The molecule has 0 fully saturated rings. The highest BCUT2D eigenvalue weighted by molar-refractivity contribution is 7.98. The molecule has 22 heavy (non-hydrogen) atoms. The van der Waals surface area contributed by atoms with Crippen LogP contribution in [0.5, 0.6) is 0 Å². The van der Waals surface area contributed by atoms with Crippen molar-refractivity contribution in [2.75, 3.05) is 14.1 Å². The molecule has 0 saturated heterocycles. The molecule has 0 saturated carbocycles. The Hall–Kier alpha value is -2.27. The number of rotatable bonds is 4. The minimum absolute atomic E-state index is 0.0263. The summed E-state index contributed by atoms with van der Waals surface area (Å²) in [7, 11) is 3.52. The molecule has 0 unspecified atom stereocenters. The quantitative estimate of drug-likeness (QED) is 0.694. The Balaban J connectivity index is 1.70. The van der Waals surface area contributed by atoms with Gasteiger partial charge in [0.05, 0.1) is 11.7 Å². The number of thioether (sulfide) groups is 1. The number of fused-ring (bicyclic) bond motifs is 1. The normalized spacial score (nSPS) is 10.8. The van der Waals surface area contributed by atoms with Crippen LogP contribution in [-0.2, 0) is 5.75 Å². The van der Waals surface area contributed by atoms with E-state index in [1.54, 1.807) is 30.8 Å². The molecule has 0 bridgehead atoms. The molecule has 3 rings (SSSR count). The molecule has 1 amide bonds. The molecule has 0 N–H and O–H groups in total. The van der Waals surface area contributed by atoms with Gasteiger partial charge < -0.3 is 4.90 Å². The number of carbonyl (C=O) groups excluding carboxylic acids is 1. The number of amides is 1. The van der Waals surface area contributed by atoms with E-state index in [1.165, 1.54) is 5.56 Å². The molecule has 3 aromatic rings. The summed E-state index contributed by atoms with van der Waals surface area (Å²) in [5.74, 6) is 0.850. The monoisotopic (exact) mass is 311 g/mol. The van der Waals surface area contributed by atoms with Crippen LogP contribution < -0.4 is 0 Å². The van der Waals surface area contributed by atoms with Crippen molar-refractivity contribution < 1.29 is 4.79 Å². The van der Waals surface area contributed by atoms with Gasteiger partial charge in [-0.05, 0) is 29.8 Å². The van der Waals surface area contributed by atoms with E-state index in [4.69, 9.17) is 0 Å². The zero-order valence-corrected chi connectivity index (χ0v) is 13.4. The summed E-state index contributed by atoms with van der Waals surface area (Å²) >= 11 is 1.69. The Morgan fingerprint density at radius 2 is 1.95 bits per heavy atom. The van der Waals surface area contributed by atoms with Crippen LogP contribution in [0.1, 0.15) is 15.9 Å². The lowest BCUT2D eigenvalue weighted by atomic mass is 10.1. The van der Waals surface area contributed by atoms with Gasteiger partial charge in [-0.25, -0.2) is 4.98 Å².